The lowest BCUT2D eigenvalue weighted by Gasteiger charge is -2.18. The van der Waals surface area contributed by atoms with Crippen LogP contribution in [0.4, 0.5) is 11.6 Å². The minimum Gasteiger partial charge on any atom is -0.370 e. The van der Waals surface area contributed by atoms with E-state index in [1.165, 1.54) is 13.0 Å². The Hall–Kier alpha value is -1.40. The standard InChI is InChI=1S/C13H24N6/c1-18-5-3-11(9-18)8-15-12-7-13(17-10-16-12)19(2)6-4-14/h7,10-11H,3-6,8-9,14H2,1-2H3,(H,15,16,17). The first-order valence-corrected chi connectivity index (χ1v) is 6.84. The monoisotopic (exact) mass is 264 g/mol. The summed E-state index contributed by atoms with van der Waals surface area (Å²) in [6.45, 7) is 4.75. The van der Waals surface area contributed by atoms with Gasteiger partial charge in [-0.1, -0.05) is 0 Å². The van der Waals surface area contributed by atoms with Crippen LogP contribution in [-0.4, -0.2) is 61.7 Å². The Labute approximate surface area is 115 Å². The zero-order valence-corrected chi connectivity index (χ0v) is 11.8. The Balaban J connectivity index is 1.88. The molecule has 0 aliphatic carbocycles. The molecule has 1 aliphatic rings. The molecule has 0 bridgehead atoms. The summed E-state index contributed by atoms with van der Waals surface area (Å²) in [6.07, 6.45) is 2.86. The van der Waals surface area contributed by atoms with Crippen molar-refractivity contribution in [2.45, 2.75) is 6.42 Å². The Morgan fingerprint density at radius 2 is 2.37 bits per heavy atom. The highest BCUT2D eigenvalue weighted by Gasteiger charge is 2.19. The first kappa shape index (κ1) is 14.0. The molecule has 6 heteroatoms. The summed E-state index contributed by atoms with van der Waals surface area (Å²) >= 11 is 0. The molecule has 0 saturated carbocycles. The fourth-order valence-corrected chi connectivity index (χ4v) is 2.40. The van der Waals surface area contributed by atoms with Gasteiger partial charge in [0.1, 0.15) is 18.0 Å². The summed E-state index contributed by atoms with van der Waals surface area (Å²) < 4.78 is 0. The molecule has 6 nitrogen and oxygen atoms in total. The predicted octanol–water partition coefficient (Wildman–Crippen LogP) is 0.235. The molecular formula is C13H24N6. The van der Waals surface area contributed by atoms with E-state index >= 15 is 0 Å². The molecule has 0 radical (unpaired) electrons. The maximum atomic E-state index is 5.55. The van der Waals surface area contributed by atoms with E-state index < -0.39 is 0 Å². The average Bonchev–Trinajstić information content (AvgIpc) is 2.83. The van der Waals surface area contributed by atoms with Gasteiger partial charge in [0, 0.05) is 39.3 Å². The zero-order chi connectivity index (χ0) is 13.7. The van der Waals surface area contributed by atoms with E-state index in [1.54, 1.807) is 6.33 Å². The van der Waals surface area contributed by atoms with Gasteiger partial charge in [-0.05, 0) is 25.9 Å². The molecular weight excluding hydrogens is 240 g/mol. The normalized spacial score (nSPS) is 19.6. The van der Waals surface area contributed by atoms with Crippen molar-refractivity contribution in [2.75, 3.05) is 57.0 Å². The highest BCUT2D eigenvalue weighted by atomic mass is 15.2. The third-order valence-electron chi connectivity index (χ3n) is 3.57. The van der Waals surface area contributed by atoms with Gasteiger partial charge in [0.15, 0.2) is 0 Å². The van der Waals surface area contributed by atoms with E-state index in [9.17, 15) is 0 Å². The second kappa shape index (κ2) is 6.68. The second-order valence-corrected chi connectivity index (χ2v) is 5.27. The molecule has 3 N–H and O–H groups in total. The van der Waals surface area contributed by atoms with Crippen LogP contribution in [0.15, 0.2) is 12.4 Å². The molecule has 1 fully saturated rings. The number of rotatable bonds is 6. The van der Waals surface area contributed by atoms with Gasteiger partial charge in [-0.15, -0.1) is 0 Å². The van der Waals surface area contributed by atoms with E-state index in [4.69, 9.17) is 5.73 Å². The number of hydrogen-bond donors (Lipinski definition) is 2. The van der Waals surface area contributed by atoms with Crippen molar-refractivity contribution in [1.29, 1.82) is 0 Å². The number of hydrogen-bond acceptors (Lipinski definition) is 6. The van der Waals surface area contributed by atoms with E-state index in [-0.39, 0.29) is 0 Å². The summed E-state index contributed by atoms with van der Waals surface area (Å²) in [5, 5.41) is 3.41. The van der Waals surface area contributed by atoms with Crippen LogP contribution in [0.2, 0.25) is 0 Å². The molecule has 1 aromatic heterocycles. The van der Waals surface area contributed by atoms with E-state index in [0.717, 1.165) is 31.3 Å². The van der Waals surface area contributed by atoms with Gasteiger partial charge in [-0.25, -0.2) is 9.97 Å². The quantitative estimate of drug-likeness (QED) is 0.767. The minimum absolute atomic E-state index is 0.623. The van der Waals surface area contributed by atoms with Crippen molar-refractivity contribution in [3.63, 3.8) is 0 Å². The first-order chi connectivity index (χ1) is 9.19. The fourth-order valence-electron chi connectivity index (χ4n) is 2.40. The Kier molecular flexibility index (Phi) is 4.93. The van der Waals surface area contributed by atoms with Gasteiger partial charge in [0.05, 0.1) is 0 Å². The smallest absolute Gasteiger partial charge is 0.133 e. The minimum atomic E-state index is 0.623. The average molecular weight is 264 g/mol. The number of nitrogens with zero attached hydrogens (tertiary/aromatic N) is 4. The predicted molar refractivity (Wildman–Crippen MR) is 78.5 cm³/mol. The van der Waals surface area contributed by atoms with Crippen LogP contribution in [0.1, 0.15) is 6.42 Å². The lowest BCUT2D eigenvalue weighted by molar-refractivity contribution is 0.399. The van der Waals surface area contributed by atoms with Gasteiger partial charge < -0.3 is 20.9 Å². The summed E-state index contributed by atoms with van der Waals surface area (Å²) in [6, 6.07) is 1.98. The van der Waals surface area contributed by atoms with Crippen LogP contribution in [0, 0.1) is 5.92 Å². The SMILES string of the molecule is CN1CCC(CNc2cc(N(C)CCN)ncn2)C1. The van der Waals surface area contributed by atoms with Crippen LogP contribution < -0.4 is 16.0 Å². The van der Waals surface area contributed by atoms with Gasteiger partial charge in [0.25, 0.3) is 0 Å². The highest BCUT2D eigenvalue weighted by Crippen LogP contribution is 2.16. The molecule has 1 atom stereocenters. The van der Waals surface area contributed by atoms with Crippen LogP contribution in [-0.2, 0) is 0 Å². The number of nitrogens with two attached hydrogens (primary N) is 1. The molecule has 1 saturated heterocycles. The Bertz CT molecular complexity index is 396. The molecule has 2 rings (SSSR count). The summed E-state index contributed by atoms with van der Waals surface area (Å²) in [7, 11) is 4.16. The molecule has 19 heavy (non-hydrogen) atoms. The van der Waals surface area contributed by atoms with Crippen LogP contribution in [0.5, 0.6) is 0 Å². The Morgan fingerprint density at radius 3 is 3.05 bits per heavy atom. The second-order valence-electron chi connectivity index (χ2n) is 5.27. The number of aromatic nitrogens is 2. The zero-order valence-electron chi connectivity index (χ0n) is 11.8. The van der Waals surface area contributed by atoms with Crippen molar-refractivity contribution in [2.24, 2.45) is 11.7 Å². The fraction of sp³-hybridized carbons (Fsp3) is 0.692. The van der Waals surface area contributed by atoms with Crippen molar-refractivity contribution in [1.82, 2.24) is 14.9 Å². The van der Waals surface area contributed by atoms with Crippen LogP contribution in [0.25, 0.3) is 0 Å². The summed E-state index contributed by atoms with van der Waals surface area (Å²) in [5.74, 6) is 2.51. The summed E-state index contributed by atoms with van der Waals surface area (Å²) in [4.78, 5) is 12.9. The Morgan fingerprint density at radius 1 is 1.53 bits per heavy atom. The molecule has 1 unspecified atom stereocenters. The van der Waals surface area contributed by atoms with Gasteiger partial charge >= 0.3 is 0 Å². The van der Waals surface area contributed by atoms with Crippen molar-refractivity contribution in [3.05, 3.63) is 12.4 Å². The first-order valence-electron chi connectivity index (χ1n) is 6.84. The number of likely N-dealkylation sites (tertiary alicyclic amines) is 1. The summed E-state index contributed by atoms with van der Waals surface area (Å²) in [5.41, 5.74) is 5.55. The van der Waals surface area contributed by atoms with Crippen molar-refractivity contribution < 1.29 is 0 Å². The van der Waals surface area contributed by atoms with Gasteiger partial charge in [0.2, 0.25) is 0 Å². The maximum Gasteiger partial charge on any atom is 0.133 e. The molecule has 0 amide bonds. The molecule has 2 heterocycles. The molecule has 106 valence electrons. The van der Waals surface area contributed by atoms with Crippen molar-refractivity contribution in [3.8, 4) is 0 Å². The molecule has 1 aromatic rings. The van der Waals surface area contributed by atoms with Gasteiger partial charge in [-0.3, -0.25) is 0 Å². The topological polar surface area (TPSA) is 70.3 Å². The van der Waals surface area contributed by atoms with E-state index in [2.05, 4.69) is 27.2 Å². The van der Waals surface area contributed by atoms with E-state index in [0.29, 0.717) is 12.5 Å². The lowest BCUT2D eigenvalue weighted by Crippen LogP contribution is -2.26. The molecule has 0 aromatic carbocycles. The largest absolute Gasteiger partial charge is 0.370 e. The molecule has 1 aliphatic heterocycles. The van der Waals surface area contributed by atoms with Crippen molar-refractivity contribution >= 4 is 11.6 Å². The lowest BCUT2D eigenvalue weighted by atomic mass is 10.1. The highest BCUT2D eigenvalue weighted by molar-refractivity contribution is 5.47. The van der Waals surface area contributed by atoms with Gasteiger partial charge in [-0.2, -0.15) is 0 Å². The number of nitrogens with one attached hydrogen (secondary N) is 1. The number of likely N-dealkylation sites (N-methyl/N-ethyl adjacent to an activating group) is 1. The van der Waals surface area contributed by atoms with Crippen LogP contribution in [0.3, 0.4) is 0 Å². The maximum absolute atomic E-state index is 5.55. The third-order valence-corrected chi connectivity index (χ3v) is 3.57. The number of anilines is 2. The van der Waals surface area contributed by atoms with Crippen LogP contribution >= 0.6 is 0 Å². The molecule has 0 spiro atoms. The third kappa shape index (κ3) is 4.04. The van der Waals surface area contributed by atoms with E-state index in [1.807, 2.05) is 18.0 Å².